The quantitative estimate of drug-likeness (QED) is 0.179. The molecular weight excluding hydrogens is 423 g/mol. The van der Waals surface area contributed by atoms with E-state index < -0.39 is 13.3 Å². The lowest BCUT2D eigenvalue weighted by molar-refractivity contribution is -0.137. The molecule has 0 amide bonds. The van der Waals surface area contributed by atoms with Crippen molar-refractivity contribution in [2.45, 2.75) is 19.9 Å². The van der Waals surface area contributed by atoms with Gasteiger partial charge in [0, 0.05) is 33.3 Å². The molecule has 0 unspecified atom stereocenters. The van der Waals surface area contributed by atoms with Crippen LogP contribution in [0.2, 0.25) is 0 Å². The summed E-state index contributed by atoms with van der Waals surface area (Å²) in [6.07, 6.45) is 0.166. The molecule has 0 bridgehead atoms. The summed E-state index contributed by atoms with van der Waals surface area (Å²) in [5, 5.41) is 10.9. The van der Waals surface area contributed by atoms with Crippen LogP contribution < -0.4 is 10.6 Å². The molecule has 3 aromatic carbocycles. The predicted octanol–water partition coefficient (Wildman–Crippen LogP) is 5.65. The Kier molecular flexibility index (Phi) is 7.50. The van der Waals surface area contributed by atoms with Gasteiger partial charge >= 0.3 is 5.97 Å². The molecule has 0 fully saturated rings. The Bertz CT molecular complexity index is 1250. The van der Waals surface area contributed by atoms with Gasteiger partial charge in [0.15, 0.2) is 0 Å². The summed E-state index contributed by atoms with van der Waals surface area (Å²) >= 11 is 0. The molecule has 0 spiro atoms. The van der Waals surface area contributed by atoms with E-state index in [1.54, 1.807) is 48.5 Å². The molecule has 4 aromatic rings. The first-order valence-electron chi connectivity index (χ1n) is 10.0. The van der Waals surface area contributed by atoms with E-state index in [4.69, 9.17) is 10.6 Å². The van der Waals surface area contributed by atoms with E-state index in [0.717, 1.165) is 11.2 Å². The van der Waals surface area contributed by atoms with Gasteiger partial charge in [-0.25, -0.2) is 0 Å². The summed E-state index contributed by atoms with van der Waals surface area (Å²) in [4.78, 5) is 16.8. The smallest absolute Gasteiger partial charge is 0.305 e. The molecule has 0 atom stereocenters. The lowest BCUT2D eigenvalue weighted by Crippen LogP contribution is -2.13. The lowest BCUT2D eigenvalue weighted by atomic mass is 10.2. The van der Waals surface area contributed by atoms with Gasteiger partial charge < -0.3 is 14.2 Å². The van der Waals surface area contributed by atoms with Gasteiger partial charge in [0.05, 0.1) is 6.42 Å². The monoisotopic (exact) mass is 446 g/mol. The van der Waals surface area contributed by atoms with E-state index in [9.17, 15) is 9.36 Å². The van der Waals surface area contributed by atoms with Crippen molar-refractivity contribution in [2.24, 2.45) is 4.88 Å². The number of benzene rings is 3. The van der Waals surface area contributed by atoms with Gasteiger partial charge in [-0.3, -0.25) is 4.79 Å². The number of azide groups is 1. The van der Waals surface area contributed by atoms with Crippen molar-refractivity contribution in [2.75, 3.05) is 0 Å². The molecule has 0 saturated carbocycles. The first-order chi connectivity index (χ1) is 15.5. The molecule has 7 nitrogen and oxygen atoms in total. The maximum absolute atomic E-state index is 12.8. The van der Waals surface area contributed by atoms with Crippen LogP contribution in [0.25, 0.3) is 21.3 Å². The Morgan fingerprint density at radius 3 is 2.03 bits per heavy atom. The van der Waals surface area contributed by atoms with E-state index in [1.807, 2.05) is 47.9 Å². The second-order valence-electron chi connectivity index (χ2n) is 7.07. The van der Waals surface area contributed by atoms with Gasteiger partial charge in [0.2, 0.25) is 7.29 Å². The summed E-state index contributed by atoms with van der Waals surface area (Å²) in [7, 11) is -3.22. The molecular formula is C24H23N4O3P. The number of carboxylic acid groups (broad SMARTS) is 1. The summed E-state index contributed by atoms with van der Waals surface area (Å²) in [6.45, 7) is 2.54. The van der Waals surface area contributed by atoms with E-state index in [-0.39, 0.29) is 6.42 Å². The van der Waals surface area contributed by atoms with Crippen molar-refractivity contribution < 1.29 is 14.5 Å². The topological polar surface area (TPSA) is 108 Å². The minimum Gasteiger partial charge on any atom is -0.481 e. The van der Waals surface area contributed by atoms with Crippen LogP contribution in [0.4, 0.5) is 0 Å². The van der Waals surface area contributed by atoms with Gasteiger partial charge in [0.1, 0.15) is 0 Å². The van der Waals surface area contributed by atoms with Crippen molar-refractivity contribution in [1.82, 2.24) is 4.57 Å². The average Bonchev–Trinajstić information content (AvgIpc) is 3.14. The molecule has 0 aliphatic heterocycles. The van der Waals surface area contributed by atoms with Crippen molar-refractivity contribution >= 4 is 34.8 Å². The number of carboxylic acids is 1. The number of fused-ring (bicyclic) bond motifs is 1. The van der Waals surface area contributed by atoms with Gasteiger partial charge in [-0.2, -0.15) is 0 Å². The highest BCUT2D eigenvalue weighted by atomic mass is 31.2. The third-order valence-corrected chi connectivity index (χ3v) is 7.27. The minimum absolute atomic E-state index is 0.166. The summed E-state index contributed by atoms with van der Waals surface area (Å²) in [5.74, 6) is -0.757. The van der Waals surface area contributed by atoms with Crippen LogP contribution in [-0.2, 0) is 15.9 Å². The first kappa shape index (κ1) is 22.9. The second kappa shape index (κ2) is 10.5. The standard InChI is InChI=1S/C12H10N3OP.C12H13NO2/c13-14-15-17(16,11-7-3-1-4-8-11)12-9-5-2-6-10-12;1-9-8-10-4-2-3-5-11(10)13(9)7-6-12(14)15/h1-10H;2-5,8H,6-7H2,1H3,(H,14,15). The maximum Gasteiger partial charge on any atom is 0.305 e. The normalized spacial score (nSPS) is 10.7. The lowest BCUT2D eigenvalue weighted by Gasteiger charge is -2.12. The zero-order valence-electron chi connectivity index (χ0n) is 17.6. The molecule has 4 rings (SSSR count). The molecule has 8 heteroatoms. The van der Waals surface area contributed by atoms with E-state index >= 15 is 0 Å². The Labute approximate surface area is 186 Å². The van der Waals surface area contributed by atoms with Crippen molar-refractivity contribution in [1.29, 1.82) is 0 Å². The summed E-state index contributed by atoms with van der Waals surface area (Å²) in [6, 6.07) is 27.7. The fourth-order valence-electron chi connectivity index (χ4n) is 3.42. The number of rotatable bonds is 6. The first-order valence-corrected chi connectivity index (χ1v) is 11.7. The molecule has 162 valence electrons. The van der Waals surface area contributed by atoms with E-state index in [0.29, 0.717) is 17.2 Å². The van der Waals surface area contributed by atoms with Crippen LogP contribution in [-0.4, -0.2) is 15.6 Å². The zero-order valence-corrected chi connectivity index (χ0v) is 18.5. The van der Waals surface area contributed by atoms with Crippen molar-refractivity contribution in [3.05, 3.63) is 107 Å². The fraction of sp³-hybridized carbons (Fsp3) is 0.125. The van der Waals surface area contributed by atoms with Crippen molar-refractivity contribution in [3.8, 4) is 0 Å². The van der Waals surface area contributed by atoms with Crippen LogP contribution in [0.1, 0.15) is 12.1 Å². The average molecular weight is 446 g/mol. The third-order valence-electron chi connectivity index (χ3n) is 4.95. The summed E-state index contributed by atoms with van der Waals surface area (Å²) in [5.41, 5.74) is 10.8. The summed E-state index contributed by atoms with van der Waals surface area (Å²) < 4.78 is 14.8. The number of aromatic nitrogens is 1. The van der Waals surface area contributed by atoms with Gasteiger partial charge in [-0.05, 0) is 34.9 Å². The van der Waals surface area contributed by atoms with Gasteiger partial charge in [-0.1, -0.05) is 78.9 Å². The molecule has 0 saturated heterocycles. The number of para-hydroxylation sites is 1. The molecule has 0 aliphatic rings. The van der Waals surface area contributed by atoms with Crippen LogP contribution in [0.5, 0.6) is 0 Å². The highest BCUT2D eigenvalue weighted by Gasteiger charge is 2.25. The fourth-order valence-corrected chi connectivity index (χ4v) is 5.19. The number of carbonyl (C=O) groups is 1. The SMILES string of the molecule is Cc1cc2ccccc2n1CCC(=O)O.[N-]=[N+]=NP(=O)(c1ccccc1)c1ccccc1. The van der Waals surface area contributed by atoms with E-state index in [2.05, 4.69) is 15.9 Å². The third kappa shape index (κ3) is 5.27. The molecule has 1 aromatic heterocycles. The molecule has 1 heterocycles. The van der Waals surface area contributed by atoms with Crippen LogP contribution in [0.3, 0.4) is 0 Å². The Morgan fingerprint density at radius 2 is 1.50 bits per heavy atom. The van der Waals surface area contributed by atoms with Gasteiger partial charge in [-0.15, -0.1) is 0 Å². The van der Waals surface area contributed by atoms with Crippen LogP contribution in [0, 0.1) is 6.92 Å². The maximum atomic E-state index is 12.8. The number of hydrogen-bond donors (Lipinski definition) is 1. The number of nitrogens with zero attached hydrogens (tertiary/aromatic N) is 4. The minimum atomic E-state index is -3.22. The van der Waals surface area contributed by atoms with E-state index in [1.165, 1.54) is 5.39 Å². The molecule has 1 N–H and O–H groups in total. The zero-order chi connectivity index (χ0) is 23.0. The Hall–Kier alpha value is -3.79. The highest BCUT2D eigenvalue weighted by Crippen LogP contribution is 2.44. The van der Waals surface area contributed by atoms with Crippen molar-refractivity contribution in [3.63, 3.8) is 0 Å². The highest BCUT2D eigenvalue weighted by molar-refractivity contribution is 7.77. The second-order valence-corrected chi connectivity index (χ2v) is 9.43. The number of aliphatic carboxylic acids is 1. The van der Waals surface area contributed by atoms with Crippen LogP contribution in [0.15, 0.2) is 95.9 Å². The molecule has 0 radical (unpaired) electrons. The Morgan fingerprint density at radius 1 is 0.969 bits per heavy atom. The molecule has 0 aliphatic carbocycles. The number of hydrogen-bond acceptors (Lipinski definition) is 2. The Balaban J connectivity index is 0.000000182. The predicted molar refractivity (Wildman–Crippen MR) is 128 cm³/mol. The molecule has 32 heavy (non-hydrogen) atoms. The van der Waals surface area contributed by atoms with Gasteiger partial charge in [0.25, 0.3) is 0 Å². The number of aryl methyl sites for hydroxylation is 2. The van der Waals surface area contributed by atoms with Crippen LogP contribution >= 0.6 is 7.29 Å². The largest absolute Gasteiger partial charge is 0.481 e.